The van der Waals surface area contributed by atoms with E-state index in [4.69, 9.17) is 5.73 Å². The molecule has 2 N–H and O–H groups in total. The van der Waals surface area contributed by atoms with Gasteiger partial charge in [0.15, 0.2) is 0 Å². The predicted octanol–water partition coefficient (Wildman–Crippen LogP) is 2.49. The zero-order valence-corrected chi connectivity index (χ0v) is 10.00. The van der Waals surface area contributed by atoms with Crippen LogP contribution in [0.4, 0.5) is 5.69 Å². The van der Waals surface area contributed by atoms with Crippen LogP contribution in [0, 0.1) is 6.92 Å². The van der Waals surface area contributed by atoms with Gasteiger partial charge >= 0.3 is 0 Å². The molecule has 0 saturated heterocycles. The molecule has 1 heterocycles. The van der Waals surface area contributed by atoms with Crippen LogP contribution >= 0.6 is 0 Å². The van der Waals surface area contributed by atoms with Crippen molar-refractivity contribution in [3.05, 3.63) is 28.8 Å². The molecule has 1 aromatic carbocycles. The van der Waals surface area contributed by atoms with E-state index in [9.17, 15) is 0 Å². The Kier molecular flexibility index (Phi) is 2.40. The minimum Gasteiger partial charge on any atom is -0.399 e. The average molecular weight is 216 g/mol. The zero-order chi connectivity index (χ0) is 11.1. The Hall–Kier alpha value is -1.02. The first kappa shape index (κ1) is 10.2. The maximum absolute atomic E-state index is 5.93. The lowest BCUT2D eigenvalue weighted by Crippen LogP contribution is -2.43. The van der Waals surface area contributed by atoms with Gasteiger partial charge in [-0.15, -0.1) is 0 Å². The van der Waals surface area contributed by atoms with E-state index >= 15 is 0 Å². The van der Waals surface area contributed by atoms with Gasteiger partial charge in [0.2, 0.25) is 0 Å². The highest BCUT2D eigenvalue weighted by atomic mass is 15.2. The molecule has 1 aliphatic heterocycles. The Labute approximate surface area is 97.4 Å². The van der Waals surface area contributed by atoms with Gasteiger partial charge in [0, 0.05) is 24.8 Å². The van der Waals surface area contributed by atoms with Crippen LogP contribution in [0.2, 0.25) is 0 Å². The molecule has 0 aromatic heterocycles. The number of nitrogen functional groups attached to an aromatic ring is 1. The van der Waals surface area contributed by atoms with Crippen molar-refractivity contribution in [2.75, 3.05) is 12.3 Å². The van der Waals surface area contributed by atoms with Crippen molar-refractivity contribution in [1.82, 2.24) is 4.90 Å². The first-order chi connectivity index (χ1) is 7.74. The van der Waals surface area contributed by atoms with Gasteiger partial charge in [-0.05, 0) is 55.0 Å². The molecule has 0 bridgehead atoms. The fourth-order valence-corrected chi connectivity index (χ4v) is 3.04. The van der Waals surface area contributed by atoms with E-state index < -0.39 is 0 Å². The van der Waals surface area contributed by atoms with E-state index in [2.05, 4.69) is 24.0 Å². The van der Waals surface area contributed by atoms with Crippen LogP contribution in [0.15, 0.2) is 12.1 Å². The molecule has 2 nitrogen and oxygen atoms in total. The Bertz CT molecular complexity index is 407. The predicted molar refractivity (Wildman–Crippen MR) is 67.3 cm³/mol. The van der Waals surface area contributed by atoms with Crippen molar-refractivity contribution in [2.24, 2.45) is 0 Å². The maximum Gasteiger partial charge on any atom is 0.0320 e. The van der Waals surface area contributed by atoms with Gasteiger partial charge in [0.25, 0.3) is 0 Å². The minimum absolute atomic E-state index is 0.856. The molecule has 0 unspecified atom stereocenters. The number of hydrogen-bond acceptors (Lipinski definition) is 2. The van der Waals surface area contributed by atoms with Gasteiger partial charge in [-0.3, -0.25) is 4.90 Å². The van der Waals surface area contributed by atoms with Crippen molar-refractivity contribution in [1.29, 1.82) is 0 Å². The molecule has 16 heavy (non-hydrogen) atoms. The zero-order valence-electron chi connectivity index (χ0n) is 10.00. The molecule has 1 fully saturated rings. The van der Waals surface area contributed by atoms with Crippen LogP contribution in [-0.4, -0.2) is 17.5 Å². The number of nitrogens with zero attached hydrogens (tertiary/aromatic N) is 1. The summed E-state index contributed by atoms with van der Waals surface area (Å²) in [6.45, 7) is 4.54. The van der Waals surface area contributed by atoms with E-state index in [-0.39, 0.29) is 0 Å². The number of anilines is 1. The van der Waals surface area contributed by atoms with Crippen LogP contribution in [0.3, 0.4) is 0 Å². The van der Waals surface area contributed by atoms with Gasteiger partial charge in [-0.25, -0.2) is 0 Å². The van der Waals surface area contributed by atoms with Crippen LogP contribution in [-0.2, 0) is 13.0 Å². The third kappa shape index (κ3) is 1.61. The van der Waals surface area contributed by atoms with Crippen LogP contribution in [0.25, 0.3) is 0 Å². The summed E-state index contributed by atoms with van der Waals surface area (Å²) in [6.07, 6.45) is 5.43. The van der Waals surface area contributed by atoms with Crippen molar-refractivity contribution in [2.45, 2.75) is 45.2 Å². The smallest absolute Gasteiger partial charge is 0.0320 e. The molecule has 0 spiro atoms. The highest BCUT2D eigenvalue weighted by molar-refractivity contribution is 5.50. The lowest BCUT2D eigenvalue weighted by atomic mass is 9.87. The van der Waals surface area contributed by atoms with Gasteiger partial charge < -0.3 is 5.73 Å². The molecule has 0 amide bonds. The molecule has 3 rings (SSSR count). The van der Waals surface area contributed by atoms with Crippen molar-refractivity contribution in [3.63, 3.8) is 0 Å². The molecular formula is C14H20N2. The topological polar surface area (TPSA) is 29.3 Å². The monoisotopic (exact) mass is 216 g/mol. The summed E-state index contributed by atoms with van der Waals surface area (Å²) in [5, 5.41) is 0. The van der Waals surface area contributed by atoms with Gasteiger partial charge in [-0.2, -0.15) is 0 Å². The van der Waals surface area contributed by atoms with Gasteiger partial charge in [0.05, 0.1) is 0 Å². The first-order valence-corrected chi connectivity index (χ1v) is 6.36. The Balaban J connectivity index is 1.87. The normalized spacial score (nSPS) is 21.6. The summed E-state index contributed by atoms with van der Waals surface area (Å²) >= 11 is 0. The molecule has 86 valence electrons. The summed E-state index contributed by atoms with van der Waals surface area (Å²) in [7, 11) is 0. The highest BCUT2D eigenvalue weighted by Crippen LogP contribution is 2.31. The van der Waals surface area contributed by atoms with Crippen molar-refractivity contribution < 1.29 is 0 Å². The number of nitrogens with two attached hydrogens (primary N) is 1. The van der Waals surface area contributed by atoms with Crippen LogP contribution in [0.5, 0.6) is 0 Å². The summed E-state index contributed by atoms with van der Waals surface area (Å²) < 4.78 is 0. The fraction of sp³-hybridized carbons (Fsp3) is 0.571. The van der Waals surface area contributed by atoms with Crippen molar-refractivity contribution >= 4 is 5.69 Å². The van der Waals surface area contributed by atoms with E-state index in [0.717, 1.165) is 18.3 Å². The summed E-state index contributed by atoms with van der Waals surface area (Å²) in [5.74, 6) is 0. The van der Waals surface area contributed by atoms with Crippen LogP contribution < -0.4 is 5.73 Å². The number of rotatable bonds is 1. The SMILES string of the molecule is Cc1cc(N)cc2c1CCN(C1CCC1)C2. The fourth-order valence-electron chi connectivity index (χ4n) is 3.04. The number of hydrogen-bond donors (Lipinski definition) is 1. The van der Waals surface area contributed by atoms with E-state index in [1.54, 1.807) is 5.56 Å². The van der Waals surface area contributed by atoms with Gasteiger partial charge in [0.1, 0.15) is 0 Å². The van der Waals surface area contributed by atoms with E-state index in [1.165, 1.54) is 43.4 Å². The molecule has 2 aliphatic rings. The maximum atomic E-state index is 5.93. The lowest BCUT2D eigenvalue weighted by molar-refractivity contribution is 0.113. The molecular weight excluding hydrogens is 196 g/mol. The lowest BCUT2D eigenvalue weighted by Gasteiger charge is -2.40. The second-order valence-electron chi connectivity index (χ2n) is 5.28. The first-order valence-electron chi connectivity index (χ1n) is 6.36. The quantitative estimate of drug-likeness (QED) is 0.731. The molecule has 0 atom stereocenters. The largest absolute Gasteiger partial charge is 0.399 e. The van der Waals surface area contributed by atoms with E-state index in [1.807, 2.05) is 0 Å². The molecule has 1 saturated carbocycles. The summed E-state index contributed by atoms with van der Waals surface area (Å²) in [4.78, 5) is 2.64. The Morgan fingerprint density at radius 1 is 1.31 bits per heavy atom. The third-order valence-electron chi connectivity index (χ3n) is 4.20. The van der Waals surface area contributed by atoms with Crippen LogP contribution in [0.1, 0.15) is 36.0 Å². The van der Waals surface area contributed by atoms with E-state index in [0.29, 0.717) is 0 Å². The molecule has 0 radical (unpaired) electrons. The van der Waals surface area contributed by atoms with Gasteiger partial charge in [-0.1, -0.05) is 6.42 Å². The Morgan fingerprint density at radius 2 is 2.12 bits per heavy atom. The Morgan fingerprint density at radius 3 is 2.81 bits per heavy atom. The third-order valence-corrected chi connectivity index (χ3v) is 4.20. The summed E-state index contributed by atoms with van der Waals surface area (Å²) in [6, 6.07) is 5.14. The molecule has 1 aromatic rings. The number of aryl methyl sites for hydroxylation is 1. The average Bonchev–Trinajstić information content (AvgIpc) is 2.13. The molecule has 1 aliphatic carbocycles. The standard InChI is InChI=1S/C14H20N2/c1-10-7-12(15)8-11-9-16(6-5-14(10)11)13-3-2-4-13/h7-8,13H,2-6,9,15H2,1H3. The van der Waals surface area contributed by atoms with Crippen molar-refractivity contribution in [3.8, 4) is 0 Å². The second-order valence-corrected chi connectivity index (χ2v) is 5.28. The minimum atomic E-state index is 0.856. The summed E-state index contributed by atoms with van der Waals surface area (Å²) in [5.41, 5.74) is 11.2. The molecule has 2 heteroatoms. The highest BCUT2D eigenvalue weighted by Gasteiger charge is 2.28. The number of benzene rings is 1. The number of fused-ring (bicyclic) bond motifs is 1. The second kappa shape index (κ2) is 3.77.